The van der Waals surface area contributed by atoms with Gasteiger partial charge in [-0.2, -0.15) is 0 Å². The Morgan fingerprint density at radius 2 is 2.15 bits per heavy atom. The van der Waals surface area contributed by atoms with E-state index in [0.717, 1.165) is 6.54 Å². The smallest absolute Gasteiger partial charge is 0.0468 e. The summed E-state index contributed by atoms with van der Waals surface area (Å²) in [4.78, 5) is 2.51. The molecule has 13 heavy (non-hydrogen) atoms. The third kappa shape index (κ3) is 0.856. The molecule has 1 unspecified atom stereocenters. The quantitative estimate of drug-likeness (QED) is 0.580. The highest BCUT2D eigenvalue weighted by molar-refractivity contribution is 5.40. The maximum absolute atomic E-state index is 4.40. The first kappa shape index (κ1) is 7.57. The molecule has 1 fully saturated rings. The van der Waals surface area contributed by atoms with Gasteiger partial charge in [0.1, 0.15) is 0 Å². The second-order valence-electron chi connectivity index (χ2n) is 4.21. The van der Waals surface area contributed by atoms with E-state index in [0.29, 0.717) is 0 Å². The zero-order valence-corrected chi connectivity index (χ0v) is 7.79. The maximum Gasteiger partial charge on any atom is 0.0468 e. The van der Waals surface area contributed by atoms with E-state index in [1.54, 1.807) is 0 Å². The zero-order chi connectivity index (χ0) is 8.89. The Bertz CT molecular complexity index is 345. The summed E-state index contributed by atoms with van der Waals surface area (Å²) in [5.74, 6) is 0. The Kier molecular flexibility index (Phi) is 1.37. The topological polar surface area (TPSA) is 3.24 Å². The summed E-state index contributed by atoms with van der Waals surface area (Å²) in [5, 5.41) is 0. The molecule has 67 valence electrons. The van der Waals surface area contributed by atoms with Crippen LogP contribution in [0, 0.1) is 6.92 Å². The highest BCUT2D eigenvalue weighted by atomic mass is 15.2. The van der Waals surface area contributed by atoms with Crippen molar-refractivity contribution in [1.82, 2.24) is 4.90 Å². The Morgan fingerprint density at radius 3 is 3.08 bits per heavy atom. The van der Waals surface area contributed by atoms with Crippen molar-refractivity contribution in [3.8, 4) is 0 Å². The van der Waals surface area contributed by atoms with Gasteiger partial charge >= 0.3 is 0 Å². The average Bonchev–Trinajstić information content (AvgIpc) is 2.60. The van der Waals surface area contributed by atoms with Crippen LogP contribution in [0.25, 0.3) is 0 Å². The van der Waals surface area contributed by atoms with E-state index in [4.69, 9.17) is 0 Å². The van der Waals surface area contributed by atoms with Gasteiger partial charge in [-0.25, -0.2) is 0 Å². The average molecular weight is 172 g/mol. The number of hydrogen-bond acceptors (Lipinski definition) is 1. The minimum atomic E-state index is 0.122. The molecule has 0 N–H and O–H groups in total. The predicted molar refractivity (Wildman–Crippen MR) is 53.1 cm³/mol. The molecule has 1 atom stereocenters. The molecule has 1 aromatic rings. The van der Waals surface area contributed by atoms with Gasteiger partial charge < -0.3 is 0 Å². The van der Waals surface area contributed by atoms with E-state index in [1.165, 1.54) is 30.5 Å². The lowest BCUT2D eigenvalue weighted by Crippen LogP contribution is -2.31. The molecule has 1 heteroatoms. The molecule has 1 saturated heterocycles. The van der Waals surface area contributed by atoms with Gasteiger partial charge in [0.15, 0.2) is 0 Å². The molecule has 0 bridgehead atoms. The van der Waals surface area contributed by atoms with Crippen molar-refractivity contribution in [2.75, 3.05) is 6.54 Å². The third-order valence-corrected chi connectivity index (χ3v) is 3.50. The van der Waals surface area contributed by atoms with Crippen LogP contribution >= 0.6 is 0 Å². The summed E-state index contributed by atoms with van der Waals surface area (Å²) >= 11 is 0. The minimum Gasteiger partial charge on any atom is -0.289 e. The van der Waals surface area contributed by atoms with Crippen molar-refractivity contribution in [2.45, 2.75) is 24.9 Å². The maximum atomic E-state index is 4.40. The molecule has 1 aromatic carbocycles. The molecule has 2 aliphatic heterocycles. The van der Waals surface area contributed by atoms with Gasteiger partial charge in [-0.05, 0) is 37.4 Å². The van der Waals surface area contributed by atoms with E-state index in [2.05, 4.69) is 36.1 Å². The summed E-state index contributed by atoms with van der Waals surface area (Å²) < 4.78 is 0. The highest BCUT2D eigenvalue weighted by Crippen LogP contribution is 2.45. The zero-order valence-electron chi connectivity index (χ0n) is 7.79. The van der Waals surface area contributed by atoms with Gasteiger partial charge in [0.05, 0.1) is 0 Å². The second-order valence-corrected chi connectivity index (χ2v) is 4.21. The largest absolute Gasteiger partial charge is 0.289 e. The van der Waals surface area contributed by atoms with Crippen molar-refractivity contribution >= 4 is 0 Å². The van der Waals surface area contributed by atoms with Crippen LogP contribution in [0.15, 0.2) is 24.3 Å². The van der Waals surface area contributed by atoms with Crippen LogP contribution in [0.1, 0.15) is 24.0 Å². The fourth-order valence-electron chi connectivity index (χ4n) is 2.79. The molecule has 2 heterocycles. The Morgan fingerprint density at radius 1 is 1.31 bits per heavy atom. The second kappa shape index (κ2) is 2.36. The fraction of sp³-hybridized carbons (Fsp3) is 0.417. The molecule has 0 amide bonds. The van der Waals surface area contributed by atoms with Crippen molar-refractivity contribution < 1.29 is 0 Å². The summed E-state index contributed by atoms with van der Waals surface area (Å²) in [5.41, 5.74) is 3.07. The van der Waals surface area contributed by atoms with E-state index < -0.39 is 0 Å². The lowest BCUT2D eigenvalue weighted by molar-refractivity contribution is 0.205. The molecule has 1 nitrogen and oxygen atoms in total. The number of benzene rings is 1. The Labute approximate surface area is 79.4 Å². The summed E-state index contributed by atoms with van der Waals surface area (Å²) in [7, 11) is 0. The van der Waals surface area contributed by atoms with Crippen molar-refractivity contribution in [3.05, 3.63) is 42.3 Å². The first-order chi connectivity index (χ1) is 6.31. The first-order valence-electron chi connectivity index (χ1n) is 4.99. The van der Waals surface area contributed by atoms with Crippen LogP contribution in [-0.4, -0.2) is 11.4 Å². The van der Waals surface area contributed by atoms with Gasteiger partial charge in [-0.15, -0.1) is 0 Å². The molecule has 0 aromatic heterocycles. The highest BCUT2D eigenvalue weighted by Gasteiger charge is 2.43. The number of nitrogens with zero attached hydrogens (tertiary/aromatic N) is 1. The molecular weight excluding hydrogens is 158 g/mol. The van der Waals surface area contributed by atoms with Crippen LogP contribution < -0.4 is 0 Å². The first-order valence-corrected chi connectivity index (χ1v) is 4.99. The molecule has 3 rings (SSSR count). The minimum absolute atomic E-state index is 0.122. The van der Waals surface area contributed by atoms with Gasteiger partial charge in [0.2, 0.25) is 0 Å². The lowest BCUT2D eigenvalue weighted by Gasteiger charge is -2.27. The van der Waals surface area contributed by atoms with Crippen LogP contribution in [0.4, 0.5) is 0 Å². The Balaban J connectivity index is 2.17. The lowest BCUT2D eigenvalue weighted by atomic mass is 9.90. The summed E-state index contributed by atoms with van der Waals surface area (Å²) in [6, 6.07) is 8.74. The van der Waals surface area contributed by atoms with Gasteiger partial charge in [-0.1, -0.05) is 24.3 Å². The summed E-state index contributed by atoms with van der Waals surface area (Å²) in [6.07, 6.45) is 2.53. The van der Waals surface area contributed by atoms with Crippen LogP contribution in [0.5, 0.6) is 0 Å². The van der Waals surface area contributed by atoms with E-state index >= 15 is 0 Å². The summed E-state index contributed by atoms with van der Waals surface area (Å²) in [6.45, 7) is 6.73. The monoisotopic (exact) mass is 172 g/mol. The third-order valence-electron chi connectivity index (χ3n) is 3.50. The number of fused-ring (bicyclic) bond motifs is 3. The van der Waals surface area contributed by atoms with Crippen LogP contribution in [0.2, 0.25) is 0 Å². The predicted octanol–water partition coefficient (Wildman–Crippen LogP) is 2.33. The van der Waals surface area contributed by atoms with Crippen LogP contribution in [0.3, 0.4) is 0 Å². The van der Waals surface area contributed by atoms with Crippen molar-refractivity contribution in [1.29, 1.82) is 0 Å². The molecule has 1 radical (unpaired) electrons. The SMILES string of the molecule is [CH2]C12CCCN1Cc1ccccc12. The van der Waals surface area contributed by atoms with Gasteiger partial charge in [0, 0.05) is 12.1 Å². The number of hydrogen-bond donors (Lipinski definition) is 0. The van der Waals surface area contributed by atoms with Gasteiger partial charge in [0.25, 0.3) is 0 Å². The normalized spacial score (nSPS) is 31.8. The molecule has 0 spiro atoms. The molecule has 0 aliphatic carbocycles. The van der Waals surface area contributed by atoms with Crippen molar-refractivity contribution in [3.63, 3.8) is 0 Å². The fourth-order valence-corrected chi connectivity index (χ4v) is 2.79. The van der Waals surface area contributed by atoms with E-state index in [9.17, 15) is 0 Å². The molecule has 2 aliphatic rings. The van der Waals surface area contributed by atoms with E-state index in [-0.39, 0.29) is 5.54 Å². The standard InChI is InChI=1S/C12H14N/c1-12-7-4-8-13(12)9-10-5-2-3-6-11(10)12/h2-3,5-6H,1,4,7-9H2. The van der Waals surface area contributed by atoms with Crippen molar-refractivity contribution in [2.24, 2.45) is 0 Å². The molecular formula is C12H14N. The number of rotatable bonds is 0. The van der Waals surface area contributed by atoms with Gasteiger partial charge in [-0.3, -0.25) is 4.90 Å². The van der Waals surface area contributed by atoms with Crippen LogP contribution in [-0.2, 0) is 12.1 Å². The Hall–Kier alpha value is -0.820. The van der Waals surface area contributed by atoms with E-state index in [1.807, 2.05) is 0 Å². The molecule has 0 saturated carbocycles.